The first kappa shape index (κ1) is 24.5. The highest BCUT2D eigenvalue weighted by molar-refractivity contribution is 5.98. The normalized spacial score (nSPS) is 20.2. The van der Waals surface area contributed by atoms with Gasteiger partial charge in [-0.25, -0.2) is 23.7 Å². The van der Waals surface area contributed by atoms with E-state index >= 15 is 0 Å². The van der Waals surface area contributed by atoms with E-state index in [9.17, 15) is 8.78 Å². The molecule has 0 amide bonds. The zero-order valence-electron chi connectivity index (χ0n) is 21.2. The summed E-state index contributed by atoms with van der Waals surface area (Å²) < 4.78 is 33.3. The first-order valence-corrected chi connectivity index (χ1v) is 13.1. The molecule has 2 fully saturated rings. The van der Waals surface area contributed by atoms with Gasteiger partial charge in [0.2, 0.25) is 11.8 Å². The molecule has 7 nitrogen and oxygen atoms in total. The van der Waals surface area contributed by atoms with Crippen LogP contribution in [0, 0.1) is 12.8 Å². The van der Waals surface area contributed by atoms with E-state index in [1.54, 1.807) is 12.4 Å². The third-order valence-electron chi connectivity index (χ3n) is 7.24. The number of hydrogen-bond donors (Lipinski definition) is 3. The summed E-state index contributed by atoms with van der Waals surface area (Å²) in [7, 11) is 0. The van der Waals surface area contributed by atoms with E-state index in [2.05, 4.69) is 25.9 Å². The third kappa shape index (κ3) is 5.11. The molecule has 2 atom stereocenters. The Labute approximate surface area is 220 Å². The molecule has 0 spiro atoms. The van der Waals surface area contributed by atoms with Crippen LogP contribution in [0.25, 0.3) is 22.0 Å². The predicted molar refractivity (Wildman–Crippen MR) is 145 cm³/mol. The van der Waals surface area contributed by atoms with Gasteiger partial charge in [-0.15, -0.1) is 0 Å². The number of halogens is 2. The maximum absolute atomic E-state index is 13.4. The molecule has 9 heteroatoms. The number of pyridine rings is 1. The van der Waals surface area contributed by atoms with Crippen LogP contribution in [0.1, 0.15) is 24.8 Å². The number of fused-ring (bicyclic) bond motifs is 1. The standard InChI is InChI=1S/C29H30F2N6O/c1-18-9-10-21-22(6-2-8-24(21)35-16-19-15-29(19,30)31)26(18)38-27-23(7-4-13-33-27)25-11-14-34-28(37-25)36-20-5-3-12-32-17-20/h2,4,6-11,13-14,19-20,32,35H,3,5,12,15-17H2,1H3,(H,34,36,37)/t19-,20?/m1/s1. The van der Waals surface area contributed by atoms with Crippen molar-refractivity contribution >= 4 is 22.4 Å². The molecule has 196 valence electrons. The number of alkyl halides is 2. The van der Waals surface area contributed by atoms with Gasteiger partial charge >= 0.3 is 0 Å². The predicted octanol–water partition coefficient (Wildman–Crippen LogP) is 6.02. The molecule has 2 aromatic heterocycles. The highest BCUT2D eigenvalue weighted by atomic mass is 19.3. The summed E-state index contributed by atoms with van der Waals surface area (Å²) in [6, 6.07) is 15.7. The lowest BCUT2D eigenvalue weighted by molar-refractivity contribution is 0.101. The van der Waals surface area contributed by atoms with E-state index in [1.807, 2.05) is 55.5 Å². The zero-order chi connectivity index (χ0) is 26.1. The molecule has 2 aliphatic rings. The van der Waals surface area contributed by atoms with Gasteiger partial charge < -0.3 is 20.7 Å². The van der Waals surface area contributed by atoms with Crippen molar-refractivity contribution in [2.45, 2.75) is 38.2 Å². The first-order chi connectivity index (χ1) is 18.5. The van der Waals surface area contributed by atoms with Crippen LogP contribution in [0.4, 0.5) is 20.4 Å². The van der Waals surface area contributed by atoms with E-state index in [0.717, 1.165) is 53.5 Å². The smallest absolute Gasteiger partial charge is 0.253 e. The van der Waals surface area contributed by atoms with E-state index in [0.29, 0.717) is 23.3 Å². The van der Waals surface area contributed by atoms with E-state index in [4.69, 9.17) is 9.72 Å². The lowest BCUT2D eigenvalue weighted by Gasteiger charge is -2.23. The van der Waals surface area contributed by atoms with Crippen molar-refractivity contribution in [3.63, 3.8) is 0 Å². The van der Waals surface area contributed by atoms with Crippen LogP contribution >= 0.6 is 0 Å². The molecule has 3 N–H and O–H groups in total. The van der Waals surface area contributed by atoms with Crippen LogP contribution in [0.15, 0.2) is 60.9 Å². The highest BCUT2D eigenvalue weighted by Crippen LogP contribution is 2.48. The van der Waals surface area contributed by atoms with Gasteiger partial charge in [-0.05, 0) is 56.1 Å². The fourth-order valence-electron chi connectivity index (χ4n) is 4.95. The molecule has 1 unspecified atom stereocenters. The number of benzene rings is 2. The van der Waals surface area contributed by atoms with Gasteiger partial charge in [-0.1, -0.05) is 24.3 Å². The first-order valence-electron chi connectivity index (χ1n) is 13.1. The number of ether oxygens (including phenoxy) is 1. The van der Waals surface area contributed by atoms with Gasteiger partial charge in [0.1, 0.15) is 5.75 Å². The van der Waals surface area contributed by atoms with Crippen molar-refractivity contribution in [3.05, 3.63) is 66.5 Å². The van der Waals surface area contributed by atoms with E-state index in [-0.39, 0.29) is 19.0 Å². The maximum Gasteiger partial charge on any atom is 0.253 e. The van der Waals surface area contributed by atoms with Crippen molar-refractivity contribution in [1.29, 1.82) is 0 Å². The molecule has 1 saturated heterocycles. The number of aryl methyl sites for hydroxylation is 1. The van der Waals surface area contributed by atoms with Gasteiger partial charge in [0.25, 0.3) is 5.92 Å². The topological polar surface area (TPSA) is 84.0 Å². The molecule has 6 rings (SSSR count). The summed E-state index contributed by atoms with van der Waals surface area (Å²) in [5.41, 5.74) is 3.20. The second-order valence-corrected chi connectivity index (χ2v) is 10.1. The minimum atomic E-state index is -2.55. The summed E-state index contributed by atoms with van der Waals surface area (Å²) in [5, 5.41) is 11.8. The van der Waals surface area contributed by atoms with Crippen molar-refractivity contribution in [3.8, 4) is 22.9 Å². The Balaban J connectivity index is 1.29. The van der Waals surface area contributed by atoms with Crippen molar-refractivity contribution in [2.75, 3.05) is 30.3 Å². The largest absolute Gasteiger partial charge is 0.437 e. The molecular weight excluding hydrogens is 486 g/mol. The SMILES string of the molecule is Cc1ccc2c(NC[C@H]3CC3(F)F)cccc2c1Oc1ncccc1-c1ccnc(NC2CCCNC2)n1. The number of hydrogen-bond acceptors (Lipinski definition) is 7. The number of piperidine rings is 1. The summed E-state index contributed by atoms with van der Waals surface area (Å²) in [5.74, 6) is -1.49. The molecule has 4 aromatic rings. The average Bonchev–Trinajstić information content (AvgIpc) is 3.56. The van der Waals surface area contributed by atoms with Crippen molar-refractivity contribution in [2.24, 2.45) is 5.92 Å². The maximum atomic E-state index is 13.4. The molecule has 0 bridgehead atoms. The molecule has 38 heavy (non-hydrogen) atoms. The Morgan fingerprint density at radius 3 is 2.76 bits per heavy atom. The highest BCUT2D eigenvalue weighted by Gasteiger charge is 2.56. The molecular formula is C29H30F2N6O. The van der Waals surface area contributed by atoms with Crippen LogP contribution in [0.3, 0.4) is 0 Å². The second kappa shape index (κ2) is 10.1. The van der Waals surface area contributed by atoms with Crippen molar-refractivity contribution < 1.29 is 13.5 Å². The van der Waals surface area contributed by atoms with Gasteiger partial charge in [0.05, 0.1) is 11.3 Å². The Bertz CT molecular complexity index is 1460. The average molecular weight is 517 g/mol. The molecule has 1 aliphatic carbocycles. The number of nitrogens with one attached hydrogen (secondary N) is 3. The molecule has 2 aromatic carbocycles. The molecule has 1 aliphatic heterocycles. The van der Waals surface area contributed by atoms with Crippen LogP contribution in [0.5, 0.6) is 11.6 Å². The zero-order valence-corrected chi connectivity index (χ0v) is 21.2. The van der Waals surface area contributed by atoms with Gasteiger partial charge in [0.15, 0.2) is 0 Å². The fourth-order valence-corrected chi connectivity index (χ4v) is 4.95. The van der Waals surface area contributed by atoms with Crippen LogP contribution in [-0.2, 0) is 0 Å². The van der Waals surface area contributed by atoms with Crippen LogP contribution < -0.4 is 20.7 Å². The fraction of sp³-hybridized carbons (Fsp3) is 0.345. The molecule has 3 heterocycles. The lowest BCUT2D eigenvalue weighted by Crippen LogP contribution is -2.38. The Morgan fingerprint density at radius 1 is 1.05 bits per heavy atom. The summed E-state index contributed by atoms with van der Waals surface area (Å²) in [6.07, 6.45) is 5.56. The second-order valence-electron chi connectivity index (χ2n) is 10.1. The van der Waals surface area contributed by atoms with Gasteiger partial charge in [-0.2, -0.15) is 0 Å². The monoisotopic (exact) mass is 516 g/mol. The Kier molecular flexibility index (Phi) is 6.53. The van der Waals surface area contributed by atoms with Crippen LogP contribution in [-0.4, -0.2) is 46.6 Å². The summed E-state index contributed by atoms with van der Waals surface area (Å²) >= 11 is 0. The molecule has 0 radical (unpaired) electrons. The summed E-state index contributed by atoms with van der Waals surface area (Å²) in [4.78, 5) is 13.7. The van der Waals surface area contributed by atoms with Crippen LogP contribution in [0.2, 0.25) is 0 Å². The number of nitrogens with zero attached hydrogens (tertiary/aromatic N) is 3. The number of aromatic nitrogens is 3. The minimum absolute atomic E-state index is 0.0570. The third-order valence-corrected chi connectivity index (χ3v) is 7.24. The van der Waals surface area contributed by atoms with Gasteiger partial charge in [-0.3, -0.25) is 0 Å². The Hall–Kier alpha value is -3.85. The minimum Gasteiger partial charge on any atom is -0.437 e. The summed E-state index contributed by atoms with van der Waals surface area (Å²) in [6.45, 7) is 4.14. The van der Waals surface area contributed by atoms with E-state index in [1.165, 1.54) is 0 Å². The molecule has 1 saturated carbocycles. The Morgan fingerprint density at radius 2 is 1.95 bits per heavy atom. The number of anilines is 2. The van der Waals surface area contributed by atoms with Gasteiger partial charge in [0, 0.05) is 60.3 Å². The quantitative estimate of drug-likeness (QED) is 0.264. The van der Waals surface area contributed by atoms with Crippen molar-refractivity contribution in [1.82, 2.24) is 20.3 Å². The lowest BCUT2D eigenvalue weighted by atomic mass is 10.0. The number of rotatable bonds is 8. The van der Waals surface area contributed by atoms with E-state index < -0.39 is 11.8 Å².